The first kappa shape index (κ1) is 26.7. The number of amides is 3. The molecular weight excluding hydrogens is 460 g/mol. The Morgan fingerprint density at radius 2 is 1.94 bits per heavy atom. The minimum Gasteiger partial charge on any atom is -0.497 e. The minimum atomic E-state index is -0.262. The number of hydrogen-bond donors (Lipinski definition) is 5. The highest BCUT2D eigenvalue weighted by Crippen LogP contribution is 2.24. The Labute approximate surface area is 211 Å². The number of hydrazone groups is 1. The lowest BCUT2D eigenvalue weighted by Gasteiger charge is -2.30. The van der Waals surface area contributed by atoms with Gasteiger partial charge in [0.2, 0.25) is 0 Å². The number of nitrogens with two attached hydrogens (primary N) is 2. The molecular formula is C25H37N8O3+. The largest absolute Gasteiger partial charge is 0.497 e. The topological polar surface area (TPSA) is 161 Å². The number of methoxy groups -OCH3 is 1. The Hall–Kier alpha value is -3.86. The molecule has 0 saturated heterocycles. The quantitative estimate of drug-likeness (QED) is 0.150. The summed E-state index contributed by atoms with van der Waals surface area (Å²) in [4.78, 5) is 27.3. The third-order valence-electron chi connectivity index (χ3n) is 6.22. The zero-order valence-electron chi connectivity index (χ0n) is 21.1. The molecule has 0 atom stereocenters. The van der Waals surface area contributed by atoms with Crippen LogP contribution in [0, 0.1) is 12.8 Å². The van der Waals surface area contributed by atoms with Crippen LogP contribution in [0.15, 0.2) is 41.5 Å². The smallest absolute Gasteiger partial charge is 0.316 e. The van der Waals surface area contributed by atoms with Crippen molar-refractivity contribution in [1.82, 2.24) is 21.1 Å². The van der Waals surface area contributed by atoms with E-state index in [4.69, 9.17) is 16.3 Å². The van der Waals surface area contributed by atoms with Crippen LogP contribution in [0.2, 0.25) is 0 Å². The lowest BCUT2D eigenvalue weighted by Crippen LogP contribution is -2.43. The average molecular weight is 498 g/mol. The highest BCUT2D eigenvalue weighted by Gasteiger charge is 2.23. The number of H-pyrrole nitrogens is 1. The molecule has 36 heavy (non-hydrogen) atoms. The van der Waals surface area contributed by atoms with E-state index in [1.807, 2.05) is 37.3 Å². The molecule has 1 saturated carbocycles. The van der Waals surface area contributed by atoms with Gasteiger partial charge in [0, 0.05) is 44.3 Å². The number of urea groups is 1. The summed E-state index contributed by atoms with van der Waals surface area (Å²) in [5, 5.41) is 14.1. The lowest BCUT2D eigenvalue weighted by molar-refractivity contribution is -0.391. The van der Waals surface area contributed by atoms with Gasteiger partial charge in [0.25, 0.3) is 5.69 Å². The Morgan fingerprint density at radius 3 is 2.64 bits per heavy atom. The van der Waals surface area contributed by atoms with Gasteiger partial charge in [0.15, 0.2) is 11.5 Å². The van der Waals surface area contributed by atoms with Crippen LogP contribution < -0.4 is 37.2 Å². The molecule has 2 aromatic rings. The van der Waals surface area contributed by atoms with E-state index in [2.05, 4.69) is 26.0 Å². The van der Waals surface area contributed by atoms with Gasteiger partial charge >= 0.3 is 11.9 Å². The number of hydrazine groups is 1. The van der Waals surface area contributed by atoms with Crippen molar-refractivity contribution in [3.05, 3.63) is 58.9 Å². The highest BCUT2D eigenvalue weighted by molar-refractivity contribution is 5.99. The fourth-order valence-corrected chi connectivity index (χ4v) is 4.29. The molecule has 11 nitrogen and oxygen atoms in total. The van der Waals surface area contributed by atoms with E-state index in [0.717, 1.165) is 42.7 Å². The van der Waals surface area contributed by atoms with Crippen molar-refractivity contribution in [2.24, 2.45) is 22.6 Å². The number of rotatable bonds is 9. The molecule has 1 heterocycles. The number of aromatic amines is 1. The fraction of sp³-hybridized carbons (Fsp3) is 0.440. The molecule has 194 valence electrons. The SMILES string of the molecule is CNC(=O)NC1CCC(CN(N)/N=C(\N)c2cc(C)[nH+]c(C(=O)NCc3cccc(OC)c3)c2)CC1. The van der Waals surface area contributed by atoms with Gasteiger partial charge in [-0.15, -0.1) is 5.10 Å². The van der Waals surface area contributed by atoms with Crippen LogP contribution in [0.5, 0.6) is 5.75 Å². The van der Waals surface area contributed by atoms with Crippen LogP contribution in [0.1, 0.15) is 53.0 Å². The van der Waals surface area contributed by atoms with Crippen LogP contribution >= 0.6 is 0 Å². The number of benzene rings is 1. The highest BCUT2D eigenvalue weighted by atomic mass is 16.5. The number of amidine groups is 1. The summed E-state index contributed by atoms with van der Waals surface area (Å²) in [5.41, 5.74) is 8.91. The van der Waals surface area contributed by atoms with Crippen LogP contribution in [0.4, 0.5) is 4.79 Å². The van der Waals surface area contributed by atoms with E-state index in [0.29, 0.717) is 30.3 Å². The van der Waals surface area contributed by atoms with E-state index in [1.54, 1.807) is 20.2 Å². The lowest BCUT2D eigenvalue weighted by atomic mass is 9.86. The molecule has 0 spiro atoms. The number of nitrogens with one attached hydrogen (secondary N) is 4. The summed E-state index contributed by atoms with van der Waals surface area (Å²) in [6, 6.07) is 11.0. The molecule has 0 unspecified atom stereocenters. The summed E-state index contributed by atoms with van der Waals surface area (Å²) in [7, 11) is 3.21. The first-order valence-corrected chi connectivity index (χ1v) is 12.1. The van der Waals surface area contributed by atoms with Gasteiger partial charge in [-0.25, -0.2) is 20.7 Å². The number of aromatic nitrogens is 1. The number of pyridine rings is 1. The maximum Gasteiger partial charge on any atom is 0.316 e. The molecule has 11 heteroatoms. The normalized spacial score (nSPS) is 17.7. The van der Waals surface area contributed by atoms with Crippen molar-refractivity contribution < 1.29 is 19.3 Å². The summed E-state index contributed by atoms with van der Waals surface area (Å²) in [6.45, 7) is 2.76. The molecule has 1 fully saturated rings. The van der Waals surface area contributed by atoms with E-state index in [-0.39, 0.29) is 23.8 Å². The molecule has 0 aliphatic heterocycles. The predicted molar refractivity (Wildman–Crippen MR) is 137 cm³/mol. The molecule has 3 rings (SSSR count). The van der Waals surface area contributed by atoms with E-state index < -0.39 is 0 Å². The summed E-state index contributed by atoms with van der Waals surface area (Å²) in [6.07, 6.45) is 3.67. The van der Waals surface area contributed by atoms with Crippen LogP contribution in [-0.2, 0) is 6.54 Å². The van der Waals surface area contributed by atoms with Crippen LogP contribution in [0.25, 0.3) is 0 Å². The molecule has 8 N–H and O–H groups in total. The van der Waals surface area contributed by atoms with Gasteiger partial charge in [-0.05, 0) is 49.3 Å². The van der Waals surface area contributed by atoms with Crippen molar-refractivity contribution in [3.63, 3.8) is 0 Å². The van der Waals surface area contributed by atoms with Gasteiger partial charge in [-0.3, -0.25) is 4.79 Å². The molecule has 1 aliphatic rings. The van der Waals surface area contributed by atoms with Gasteiger partial charge in [0.05, 0.1) is 13.7 Å². The second-order valence-corrected chi connectivity index (χ2v) is 9.05. The van der Waals surface area contributed by atoms with Gasteiger partial charge in [0.1, 0.15) is 5.75 Å². The summed E-state index contributed by atoms with van der Waals surface area (Å²) < 4.78 is 5.23. The average Bonchev–Trinajstić information content (AvgIpc) is 2.88. The van der Waals surface area contributed by atoms with Gasteiger partial charge < -0.3 is 26.4 Å². The summed E-state index contributed by atoms with van der Waals surface area (Å²) in [5.74, 6) is 7.20. The molecule has 0 bridgehead atoms. The van der Waals surface area contributed by atoms with Crippen LogP contribution in [0.3, 0.4) is 0 Å². The third-order valence-corrected chi connectivity index (χ3v) is 6.22. The number of hydrogen-bond acceptors (Lipinski definition) is 6. The van der Waals surface area contributed by atoms with Crippen molar-refractivity contribution in [2.45, 2.75) is 45.2 Å². The summed E-state index contributed by atoms with van der Waals surface area (Å²) >= 11 is 0. The standard InChI is InChI=1S/C25H36N8O3/c1-16-11-19(13-22(30-16)24(34)29-14-18-5-4-6-21(12-18)36-3)23(26)32-33(27)15-17-7-9-20(10-8-17)31-25(35)28-2/h4-6,11-13,17,20H,7-10,14-15,27H2,1-3H3,(H2,26,32)(H,29,34)(H2,28,31,35)/p+1. The first-order valence-electron chi connectivity index (χ1n) is 12.1. The van der Waals surface area contributed by atoms with Gasteiger partial charge in [-0.2, -0.15) is 0 Å². The Bertz CT molecular complexity index is 1080. The Balaban J connectivity index is 1.57. The molecule has 3 amide bonds. The third kappa shape index (κ3) is 7.84. The predicted octanol–water partition coefficient (Wildman–Crippen LogP) is 1.03. The minimum absolute atomic E-state index is 0.153. The maximum atomic E-state index is 12.8. The van der Waals surface area contributed by atoms with Crippen molar-refractivity contribution in [1.29, 1.82) is 0 Å². The monoisotopic (exact) mass is 497 g/mol. The first-order chi connectivity index (χ1) is 17.3. The number of aryl methyl sites for hydroxylation is 1. The molecule has 0 radical (unpaired) electrons. The fourth-order valence-electron chi connectivity index (χ4n) is 4.29. The molecule has 1 aliphatic carbocycles. The number of ether oxygens (including phenoxy) is 1. The number of carbonyl (C=O) groups excluding carboxylic acids is 2. The zero-order valence-corrected chi connectivity index (χ0v) is 21.1. The molecule has 1 aromatic carbocycles. The van der Waals surface area contributed by atoms with E-state index in [9.17, 15) is 9.59 Å². The Morgan fingerprint density at radius 1 is 1.19 bits per heavy atom. The van der Waals surface area contributed by atoms with E-state index in [1.165, 1.54) is 5.12 Å². The van der Waals surface area contributed by atoms with Crippen molar-refractivity contribution in [3.8, 4) is 5.75 Å². The number of nitrogens with zero attached hydrogens (tertiary/aromatic N) is 2. The zero-order chi connectivity index (χ0) is 26.1. The maximum absolute atomic E-state index is 12.8. The van der Waals surface area contributed by atoms with Crippen LogP contribution in [-0.4, -0.2) is 49.6 Å². The Kier molecular flexibility index (Phi) is 9.46. The van der Waals surface area contributed by atoms with Crippen molar-refractivity contribution in [2.75, 3.05) is 20.7 Å². The number of carbonyl (C=O) groups is 2. The second-order valence-electron chi connectivity index (χ2n) is 9.05. The van der Waals surface area contributed by atoms with Gasteiger partial charge in [-0.1, -0.05) is 12.1 Å². The van der Waals surface area contributed by atoms with Crippen molar-refractivity contribution >= 4 is 17.8 Å². The molecule has 1 aromatic heterocycles. The second kappa shape index (κ2) is 12.7. The van der Waals surface area contributed by atoms with E-state index >= 15 is 0 Å².